The molecule has 0 aliphatic heterocycles. The topological polar surface area (TPSA) is 92.8 Å². The molecule has 1 heterocycles. The minimum Gasteiger partial charge on any atom is -0.449 e. The Morgan fingerprint density at radius 2 is 1.85 bits per heavy atom. The minimum atomic E-state index is -0.418. The molecule has 4 rings (SSSR count). The van der Waals surface area contributed by atoms with Crippen molar-refractivity contribution in [1.29, 1.82) is 0 Å². The fourth-order valence-electron chi connectivity index (χ4n) is 3.30. The normalized spacial score (nSPS) is 13.7. The Labute approximate surface area is 160 Å². The maximum Gasteiger partial charge on any atom is 0.407 e. The van der Waals surface area contributed by atoms with E-state index in [1.807, 2.05) is 31.2 Å². The number of rotatable bonds is 6. The van der Waals surface area contributed by atoms with E-state index in [0.29, 0.717) is 17.5 Å². The summed E-state index contributed by atoms with van der Waals surface area (Å²) in [7, 11) is 0. The number of carbonyl (C=O) groups is 1. The van der Waals surface area contributed by atoms with Gasteiger partial charge in [0.05, 0.1) is 0 Å². The number of aromatic amines is 1. The Balaban J connectivity index is 1.35. The van der Waals surface area contributed by atoms with E-state index in [4.69, 9.17) is 4.74 Å². The van der Waals surface area contributed by atoms with Gasteiger partial charge in [0.15, 0.2) is 0 Å². The van der Waals surface area contributed by atoms with Crippen LogP contribution in [0.3, 0.4) is 0 Å². The Morgan fingerprint density at radius 1 is 1.19 bits per heavy atom. The number of benzene rings is 2. The largest absolute Gasteiger partial charge is 0.449 e. The molecular formula is C19H19N5O2S. The molecule has 0 bridgehead atoms. The van der Waals surface area contributed by atoms with Crippen LogP contribution >= 0.6 is 11.8 Å². The van der Waals surface area contributed by atoms with E-state index in [-0.39, 0.29) is 12.0 Å². The molecule has 1 amide bonds. The predicted molar refractivity (Wildman–Crippen MR) is 103 cm³/mol. The van der Waals surface area contributed by atoms with Crippen molar-refractivity contribution in [3.63, 3.8) is 0 Å². The van der Waals surface area contributed by atoms with Crippen LogP contribution in [0.15, 0.2) is 53.7 Å². The Morgan fingerprint density at radius 3 is 2.48 bits per heavy atom. The molecule has 1 aliphatic rings. The van der Waals surface area contributed by atoms with Crippen molar-refractivity contribution >= 4 is 17.9 Å². The summed E-state index contributed by atoms with van der Waals surface area (Å²) in [6.45, 7) is 2.22. The van der Waals surface area contributed by atoms with Crippen LogP contribution in [-0.2, 0) is 4.74 Å². The monoisotopic (exact) mass is 381 g/mol. The zero-order valence-electron chi connectivity index (χ0n) is 14.8. The van der Waals surface area contributed by atoms with Gasteiger partial charge in [-0.1, -0.05) is 60.3 Å². The summed E-state index contributed by atoms with van der Waals surface area (Å²) in [5.41, 5.74) is 4.83. The molecule has 1 atom stereocenters. The van der Waals surface area contributed by atoms with Crippen LogP contribution in [0, 0.1) is 0 Å². The number of thioether (sulfide) groups is 1. The Hall–Kier alpha value is -2.87. The fourth-order valence-corrected chi connectivity index (χ4v) is 3.98. The van der Waals surface area contributed by atoms with Gasteiger partial charge < -0.3 is 10.1 Å². The lowest BCUT2D eigenvalue weighted by Crippen LogP contribution is -2.35. The number of hydrogen-bond acceptors (Lipinski definition) is 6. The third-order valence-corrected chi connectivity index (χ3v) is 5.59. The van der Waals surface area contributed by atoms with E-state index < -0.39 is 6.09 Å². The minimum absolute atomic E-state index is 0.0622. The Kier molecular flexibility index (Phi) is 5.06. The lowest BCUT2D eigenvalue weighted by molar-refractivity contribution is 0.140. The summed E-state index contributed by atoms with van der Waals surface area (Å²) in [6, 6.07) is 16.5. The van der Waals surface area contributed by atoms with Crippen LogP contribution in [0.5, 0.6) is 0 Å². The molecule has 0 saturated carbocycles. The molecule has 138 valence electrons. The van der Waals surface area contributed by atoms with Gasteiger partial charge in [-0.05, 0) is 34.4 Å². The molecule has 27 heavy (non-hydrogen) atoms. The number of tetrazole rings is 1. The molecule has 0 saturated heterocycles. The van der Waals surface area contributed by atoms with E-state index in [1.165, 1.54) is 34.0 Å². The fraction of sp³-hybridized carbons (Fsp3) is 0.263. The van der Waals surface area contributed by atoms with Crippen LogP contribution < -0.4 is 5.32 Å². The number of fused-ring (bicyclic) bond motifs is 3. The molecule has 0 spiro atoms. The molecule has 1 aromatic heterocycles. The quantitative estimate of drug-likeness (QED) is 0.637. The number of nitrogens with one attached hydrogen (secondary N) is 2. The van der Waals surface area contributed by atoms with Crippen molar-refractivity contribution in [3.8, 4) is 11.1 Å². The van der Waals surface area contributed by atoms with Gasteiger partial charge in [0.2, 0.25) is 5.16 Å². The summed E-state index contributed by atoms with van der Waals surface area (Å²) >= 11 is 1.42. The maximum atomic E-state index is 12.2. The smallest absolute Gasteiger partial charge is 0.407 e. The number of ether oxygens (including phenoxy) is 1. The molecule has 0 fully saturated rings. The SMILES string of the molecule is C[C@@H](CSc1nn[nH]n1)NC(=O)OCC1c2ccccc2-c2ccccc21. The zero-order valence-corrected chi connectivity index (χ0v) is 15.6. The number of carbonyl (C=O) groups excluding carboxylic acids is 1. The number of amides is 1. The molecule has 2 N–H and O–H groups in total. The van der Waals surface area contributed by atoms with Crippen molar-refractivity contribution in [2.75, 3.05) is 12.4 Å². The third kappa shape index (κ3) is 3.80. The highest BCUT2D eigenvalue weighted by Gasteiger charge is 2.29. The number of alkyl carbamates (subject to hydrolysis) is 1. The molecule has 0 unspecified atom stereocenters. The first-order valence-electron chi connectivity index (χ1n) is 8.70. The number of H-pyrrole nitrogens is 1. The van der Waals surface area contributed by atoms with Crippen LogP contribution in [0.25, 0.3) is 11.1 Å². The summed E-state index contributed by atoms with van der Waals surface area (Å²) in [5.74, 6) is 0.691. The van der Waals surface area contributed by atoms with Gasteiger partial charge in [-0.15, -0.1) is 10.2 Å². The zero-order chi connectivity index (χ0) is 18.6. The summed E-state index contributed by atoms with van der Waals surface area (Å²) in [4.78, 5) is 12.2. The number of hydrogen-bond donors (Lipinski definition) is 2. The lowest BCUT2D eigenvalue weighted by Gasteiger charge is -2.16. The second-order valence-electron chi connectivity index (χ2n) is 6.38. The molecule has 1 aliphatic carbocycles. The third-order valence-electron chi connectivity index (χ3n) is 4.50. The van der Waals surface area contributed by atoms with Gasteiger partial charge in [0.1, 0.15) is 6.61 Å². The second kappa shape index (κ2) is 7.79. The van der Waals surface area contributed by atoms with Crippen molar-refractivity contribution in [1.82, 2.24) is 25.9 Å². The van der Waals surface area contributed by atoms with Gasteiger partial charge in [0.25, 0.3) is 0 Å². The summed E-state index contributed by atoms with van der Waals surface area (Å²) in [5, 5.41) is 17.0. The number of aromatic nitrogens is 4. The van der Waals surface area contributed by atoms with E-state index in [0.717, 1.165) is 0 Å². The van der Waals surface area contributed by atoms with Crippen LogP contribution in [0.4, 0.5) is 4.79 Å². The van der Waals surface area contributed by atoms with Crippen LogP contribution in [-0.4, -0.2) is 45.1 Å². The first-order chi connectivity index (χ1) is 13.2. The van der Waals surface area contributed by atoms with Crippen LogP contribution in [0.2, 0.25) is 0 Å². The first kappa shape index (κ1) is 17.5. The molecular weight excluding hydrogens is 362 g/mol. The Bertz CT molecular complexity index is 886. The first-order valence-corrected chi connectivity index (χ1v) is 9.68. The average Bonchev–Trinajstić information content (AvgIpc) is 3.31. The van der Waals surface area contributed by atoms with Crippen molar-refractivity contribution in [3.05, 3.63) is 59.7 Å². The van der Waals surface area contributed by atoms with Crippen LogP contribution in [0.1, 0.15) is 24.0 Å². The molecule has 0 radical (unpaired) electrons. The predicted octanol–water partition coefficient (Wildman–Crippen LogP) is 3.22. The van der Waals surface area contributed by atoms with Gasteiger partial charge in [0, 0.05) is 17.7 Å². The standard InChI is InChI=1S/C19H19N5O2S/c1-12(11-27-18-21-23-24-22-18)20-19(25)26-10-17-15-8-4-2-6-13(15)14-7-3-5-9-16(14)17/h2-9,12,17H,10-11H2,1H3,(H,20,25)(H,21,22,23,24)/t12-/m0/s1. The van der Waals surface area contributed by atoms with E-state index in [9.17, 15) is 4.79 Å². The highest BCUT2D eigenvalue weighted by molar-refractivity contribution is 7.99. The highest BCUT2D eigenvalue weighted by Crippen LogP contribution is 2.44. The summed E-state index contributed by atoms with van der Waals surface area (Å²) < 4.78 is 5.54. The van der Waals surface area contributed by atoms with Gasteiger partial charge in [-0.3, -0.25) is 0 Å². The van der Waals surface area contributed by atoms with Gasteiger partial charge in [-0.2, -0.15) is 5.21 Å². The maximum absolute atomic E-state index is 12.2. The average molecular weight is 381 g/mol. The van der Waals surface area contributed by atoms with Crippen molar-refractivity contribution < 1.29 is 9.53 Å². The molecule has 2 aromatic carbocycles. The van der Waals surface area contributed by atoms with Gasteiger partial charge >= 0.3 is 6.09 Å². The molecule has 3 aromatic rings. The van der Waals surface area contributed by atoms with Crippen molar-refractivity contribution in [2.45, 2.75) is 24.0 Å². The molecule has 8 heteroatoms. The highest BCUT2D eigenvalue weighted by atomic mass is 32.2. The number of nitrogens with zero attached hydrogens (tertiary/aromatic N) is 3. The summed E-state index contributed by atoms with van der Waals surface area (Å²) in [6.07, 6.45) is -0.418. The lowest BCUT2D eigenvalue weighted by atomic mass is 9.98. The van der Waals surface area contributed by atoms with E-state index >= 15 is 0 Å². The van der Waals surface area contributed by atoms with E-state index in [2.05, 4.69) is 50.2 Å². The van der Waals surface area contributed by atoms with Crippen molar-refractivity contribution in [2.24, 2.45) is 0 Å². The van der Waals surface area contributed by atoms with E-state index in [1.54, 1.807) is 0 Å². The molecule has 7 nitrogen and oxygen atoms in total. The second-order valence-corrected chi connectivity index (χ2v) is 7.36. The van der Waals surface area contributed by atoms with Gasteiger partial charge in [-0.25, -0.2) is 4.79 Å².